The molecule has 134 valence electrons. The van der Waals surface area contributed by atoms with Gasteiger partial charge in [-0.1, -0.05) is 0 Å². The summed E-state index contributed by atoms with van der Waals surface area (Å²) in [5.41, 5.74) is 0. The molecule has 0 fully saturated rings. The van der Waals surface area contributed by atoms with Crippen molar-refractivity contribution in [1.29, 1.82) is 0 Å². The minimum Gasteiger partial charge on any atom is -0.454 e. The summed E-state index contributed by atoms with van der Waals surface area (Å²) in [6, 6.07) is 0. The van der Waals surface area contributed by atoms with Crippen LogP contribution in [0.4, 0.5) is 0 Å². The van der Waals surface area contributed by atoms with Gasteiger partial charge >= 0.3 is 11.9 Å². The van der Waals surface area contributed by atoms with Crippen molar-refractivity contribution in [3.05, 3.63) is 11.6 Å². The Kier molecular flexibility index (Phi) is 7.09. The second-order valence-corrected chi connectivity index (χ2v) is 5.20. The van der Waals surface area contributed by atoms with E-state index >= 15 is 0 Å². The summed E-state index contributed by atoms with van der Waals surface area (Å²) in [6.07, 6.45) is -0.978. The smallest absolute Gasteiger partial charge is 0.378 e. The number of cyclic esters (lactones) is 2. The summed E-state index contributed by atoms with van der Waals surface area (Å²) >= 11 is 0. The first kappa shape index (κ1) is 18.3. The molecule has 2 rings (SSSR count). The van der Waals surface area contributed by atoms with Crippen molar-refractivity contribution >= 4 is 11.9 Å². The van der Waals surface area contributed by atoms with Crippen molar-refractivity contribution in [2.75, 3.05) is 39.6 Å². The number of rotatable bonds is 0. The van der Waals surface area contributed by atoms with Gasteiger partial charge in [0.05, 0.1) is 39.6 Å². The molecule has 0 aromatic carbocycles. The van der Waals surface area contributed by atoms with Gasteiger partial charge in [0.2, 0.25) is 5.82 Å². The van der Waals surface area contributed by atoms with Gasteiger partial charge in [-0.3, -0.25) is 5.10 Å². The Morgan fingerprint density at radius 2 is 1.42 bits per heavy atom. The van der Waals surface area contributed by atoms with Crippen LogP contribution in [0.3, 0.4) is 0 Å². The van der Waals surface area contributed by atoms with Gasteiger partial charge in [0.25, 0.3) is 5.82 Å². The number of carbonyl (C=O) groups excluding carboxylic acids is 2. The van der Waals surface area contributed by atoms with Gasteiger partial charge in [-0.05, 0) is 13.8 Å². The van der Waals surface area contributed by atoms with Crippen LogP contribution in [0.1, 0.15) is 35.1 Å². The van der Waals surface area contributed by atoms with Crippen LogP contribution >= 0.6 is 0 Å². The first-order valence-corrected chi connectivity index (χ1v) is 7.64. The number of H-pyrrole nitrogens is 1. The molecule has 1 aromatic rings. The lowest BCUT2D eigenvalue weighted by atomic mass is 10.4. The SMILES string of the molecule is CC1COCCOCCOCC(C)OC(=O)c2nc(n[nH]2)C(=O)O1. The van der Waals surface area contributed by atoms with Crippen LogP contribution in [0.5, 0.6) is 0 Å². The van der Waals surface area contributed by atoms with Gasteiger partial charge < -0.3 is 23.7 Å². The summed E-state index contributed by atoms with van der Waals surface area (Å²) in [6.45, 7) is 5.34. The van der Waals surface area contributed by atoms with E-state index in [1.807, 2.05) is 0 Å². The standard InChI is InChI=1S/C14H21N3O7/c1-9-7-21-5-3-20-4-6-22-8-10(2)24-14(19)12-15-11(16-17-12)13(18)23-9/h9-10H,3-8H2,1-2H3,(H,15,16,17). The molecule has 0 saturated heterocycles. The van der Waals surface area contributed by atoms with Crippen LogP contribution in [0.25, 0.3) is 0 Å². The Morgan fingerprint density at radius 3 is 2.04 bits per heavy atom. The summed E-state index contributed by atoms with van der Waals surface area (Å²) < 4.78 is 26.3. The third-order valence-electron chi connectivity index (χ3n) is 2.93. The largest absolute Gasteiger partial charge is 0.454 e. The maximum atomic E-state index is 11.9. The Labute approximate surface area is 138 Å². The monoisotopic (exact) mass is 343 g/mol. The first-order valence-electron chi connectivity index (χ1n) is 7.64. The zero-order chi connectivity index (χ0) is 17.4. The van der Waals surface area contributed by atoms with E-state index in [0.29, 0.717) is 26.4 Å². The predicted octanol–water partition coefficient (Wildman–Crippen LogP) is -0.0413. The molecule has 1 aliphatic heterocycles. The number of hydrogen-bond donors (Lipinski definition) is 1. The minimum atomic E-state index is -0.754. The Hall–Kier alpha value is -2.04. The van der Waals surface area contributed by atoms with E-state index in [1.54, 1.807) is 13.8 Å². The van der Waals surface area contributed by atoms with Gasteiger partial charge in [0.1, 0.15) is 12.2 Å². The molecule has 10 heteroatoms. The Bertz CT molecular complexity index is 504. The summed E-state index contributed by atoms with van der Waals surface area (Å²) in [7, 11) is 0. The number of nitrogens with zero attached hydrogens (tertiary/aromatic N) is 2. The minimum absolute atomic E-state index is 0.179. The van der Waals surface area contributed by atoms with E-state index in [4.69, 9.17) is 23.7 Å². The van der Waals surface area contributed by atoms with E-state index in [0.717, 1.165) is 0 Å². The molecular formula is C14H21N3O7. The van der Waals surface area contributed by atoms with Gasteiger partial charge in [-0.2, -0.15) is 4.98 Å². The highest BCUT2D eigenvalue weighted by Gasteiger charge is 2.22. The van der Waals surface area contributed by atoms with Gasteiger partial charge in [-0.15, -0.1) is 5.10 Å². The zero-order valence-corrected chi connectivity index (χ0v) is 13.6. The molecule has 0 amide bonds. The van der Waals surface area contributed by atoms with Gasteiger partial charge in [0, 0.05) is 0 Å². The molecule has 2 heterocycles. The quantitative estimate of drug-likeness (QED) is 0.646. The van der Waals surface area contributed by atoms with Crippen LogP contribution in [0.15, 0.2) is 0 Å². The summed E-state index contributed by atoms with van der Waals surface area (Å²) in [5.74, 6) is -1.91. The molecule has 0 aliphatic carbocycles. The highest BCUT2D eigenvalue weighted by molar-refractivity contribution is 5.89. The van der Waals surface area contributed by atoms with Crippen LogP contribution in [0.2, 0.25) is 0 Å². The first-order chi connectivity index (χ1) is 11.6. The molecule has 2 bridgehead atoms. The fourth-order valence-electron chi connectivity index (χ4n) is 1.82. The van der Waals surface area contributed by atoms with Crippen molar-refractivity contribution in [2.24, 2.45) is 0 Å². The van der Waals surface area contributed by atoms with E-state index in [9.17, 15) is 9.59 Å². The lowest BCUT2D eigenvalue weighted by Gasteiger charge is -2.14. The fourth-order valence-corrected chi connectivity index (χ4v) is 1.82. The van der Waals surface area contributed by atoms with E-state index in [2.05, 4.69) is 15.2 Å². The molecule has 0 spiro atoms. The number of esters is 2. The number of hydrogen-bond acceptors (Lipinski definition) is 9. The van der Waals surface area contributed by atoms with Gasteiger partial charge in [-0.25, -0.2) is 9.59 Å². The molecule has 0 radical (unpaired) electrons. The molecule has 24 heavy (non-hydrogen) atoms. The third-order valence-corrected chi connectivity index (χ3v) is 2.93. The normalized spacial score (nSPS) is 25.2. The maximum Gasteiger partial charge on any atom is 0.378 e. The molecule has 2 unspecified atom stereocenters. The highest BCUT2D eigenvalue weighted by atomic mass is 16.6. The number of fused-ring (bicyclic) bond motifs is 2. The van der Waals surface area contributed by atoms with E-state index < -0.39 is 24.1 Å². The van der Waals surface area contributed by atoms with Crippen molar-refractivity contribution in [3.63, 3.8) is 0 Å². The lowest BCUT2D eigenvalue weighted by Crippen LogP contribution is -2.24. The number of aromatic amines is 1. The molecule has 0 saturated carbocycles. The number of aromatic nitrogens is 3. The van der Waals surface area contributed by atoms with Crippen molar-refractivity contribution in [1.82, 2.24) is 15.2 Å². The topological polar surface area (TPSA) is 122 Å². The molecule has 10 nitrogen and oxygen atoms in total. The van der Waals surface area contributed by atoms with Crippen LogP contribution in [-0.4, -0.2) is 79.0 Å². The van der Waals surface area contributed by atoms with Crippen LogP contribution in [0, 0.1) is 0 Å². The lowest BCUT2D eigenvalue weighted by molar-refractivity contribution is -0.0300. The molecule has 2 atom stereocenters. The van der Waals surface area contributed by atoms with Gasteiger partial charge in [0.15, 0.2) is 0 Å². The second-order valence-electron chi connectivity index (χ2n) is 5.20. The average Bonchev–Trinajstić information content (AvgIpc) is 3.02. The second kappa shape index (κ2) is 9.30. The summed E-state index contributed by atoms with van der Waals surface area (Å²) in [5, 5.41) is 6.02. The number of carbonyl (C=O) groups is 2. The van der Waals surface area contributed by atoms with Crippen molar-refractivity contribution in [3.8, 4) is 0 Å². The van der Waals surface area contributed by atoms with Crippen LogP contribution in [-0.2, 0) is 23.7 Å². The number of nitrogens with one attached hydrogen (secondary N) is 1. The fraction of sp³-hybridized carbons (Fsp3) is 0.714. The average molecular weight is 343 g/mol. The highest BCUT2D eigenvalue weighted by Crippen LogP contribution is 2.04. The van der Waals surface area contributed by atoms with E-state index in [1.165, 1.54) is 0 Å². The van der Waals surface area contributed by atoms with E-state index in [-0.39, 0.29) is 24.9 Å². The number of ether oxygens (including phenoxy) is 5. The Balaban J connectivity index is 2.00. The zero-order valence-electron chi connectivity index (χ0n) is 13.6. The third kappa shape index (κ3) is 5.87. The maximum absolute atomic E-state index is 11.9. The molecule has 1 aromatic heterocycles. The van der Waals surface area contributed by atoms with Crippen LogP contribution < -0.4 is 0 Å². The van der Waals surface area contributed by atoms with Crippen molar-refractivity contribution < 1.29 is 33.3 Å². The Morgan fingerprint density at radius 1 is 0.875 bits per heavy atom. The molecule has 1 aliphatic rings. The van der Waals surface area contributed by atoms with Crippen molar-refractivity contribution in [2.45, 2.75) is 26.1 Å². The molecule has 1 N–H and O–H groups in total. The predicted molar refractivity (Wildman–Crippen MR) is 78.6 cm³/mol. The summed E-state index contributed by atoms with van der Waals surface area (Å²) in [4.78, 5) is 27.6. The molecular weight excluding hydrogens is 322 g/mol.